The zero-order valence-corrected chi connectivity index (χ0v) is 11.0. The van der Waals surface area contributed by atoms with Crippen LogP contribution >= 0.6 is 0 Å². The number of nitrogens with one attached hydrogen (secondary N) is 1. The summed E-state index contributed by atoms with van der Waals surface area (Å²) < 4.78 is 5.57. The minimum absolute atomic E-state index is 0.352. The topological polar surface area (TPSA) is 25.2 Å². The summed E-state index contributed by atoms with van der Waals surface area (Å²) in [6, 6.07) is 4.41. The van der Waals surface area contributed by atoms with Gasteiger partial charge in [0.2, 0.25) is 0 Å². The molecule has 2 rings (SSSR count). The fourth-order valence-corrected chi connectivity index (χ4v) is 3.15. The SMILES string of the molecule is CCNC(c1ccco1)C1C(C)(C)C1(C)C. The zero-order valence-electron chi connectivity index (χ0n) is 11.0. The largest absolute Gasteiger partial charge is 0.468 e. The lowest BCUT2D eigenvalue weighted by molar-refractivity contribution is 0.347. The van der Waals surface area contributed by atoms with Gasteiger partial charge in [0.05, 0.1) is 12.3 Å². The molecule has 1 aromatic heterocycles. The van der Waals surface area contributed by atoms with Gasteiger partial charge in [-0.1, -0.05) is 34.6 Å². The van der Waals surface area contributed by atoms with Gasteiger partial charge in [-0.25, -0.2) is 0 Å². The summed E-state index contributed by atoms with van der Waals surface area (Å²) in [5, 5.41) is 3.56. The number of hydrogen-bond acceptors (Lipinski definition) is 2. The predicted molar refractivity (Wildman–Crippen MR) is 66.2 cm³/mol. The molecule has 16 heavy (non-hydrogen) atoms. The molecule has 1 heterocycles. The van der Waals surface area contributed by atoms with E-state index in [2.05, 4.69) is 46.0 Å². The molecule has 1 aromatic rings. The molecule has 1 aliphatic rings. The van der Waals surface area contributed by atoms with E-state index in [1.54, 1.807) is 6.26 Å². The average Bonchev–Trinajstić information content (AvgIpc) is 2.64. The van der Waals surface area contributed by atoms with Crippen LogP contribution in [-0.2, 0) is 0 Å². The fraction of sp³-hybridized carbons (Fsp3) is 0.714. The van der Waals surface area contributed by atoms with Crippen LogP contribution < -0.4 is 5.32 Å². The van der Waals surface area contributed by atoms with Crippen LogP contribution in [0.5, 0.6) is 0 Å². The van der Waals surface area contributed by atoms with Gasteiger partial charge in [-0.15, -0.1) is 0 Å². The molecule has 0 amide bonds. The van der Waals surface area contributed by atoms with Crippen LogP contribution in [0, 0.1) is 16.7 Å². The third-order valence-corrected chi connectivity index (χ3v) is 4.74. The summed E-state index contributed by atoms with van der Waals surface area (Å²) in [7, 11) is 0. The molecule has 0 aromatic carbocycles. The minimum atomic E-state index is 0.352. The van der Waals surface area contributed by atoms with Gasteiger partial charge in [-0.2, -0.15) is 0 Å². The van der Waals surface area contributed by atoms with Gasteiger partial charge in [0.1, 0.15) is 5.76 Å². The Hall–Kier alpha value is -0.760. The highest BCUT2D eigenvalue weighted by molar-refractivity contribution is 5.21. The summed E-state index contributed by atoms with van der Waals surface area (Å²) >= 11 is 0. The fourth-order valence-electron chi connectivity index (χ4n) is 3.15. The van der Waals surface area contributed by atoms with E-state index in [1.807, 2.05) is 6.07 Å². The molecule has 0 aliphatic heterocycles. The first-order valence-corrected chi connectivity index (χ1v) is 6.19. The van der Waals surface area contributed by atoms with Crippen molar-refractivity contribution in [1.82, 2.24) is 5.32 Å². The Morgan fingerprint density at radius 3 is 2.31 bits per heavy atom. The second-order valence-corrected chi connectivity index (χ2v) is 5.97. The first kappa shape index (κ1) is 11.7. The van der Waals surface area contributed by atoms with E-state index in [4.69, 9.17) is 4.42 Å². The number of rotatable bonds is 4. The van der Waals surface area contributed by atoms with Crippen LogP contribution in [0.1, 0.15) is 46.4 Å². The van der Waals surface area contributed by atoms with Gasteiger partial charge < -0.3 is 9.73 Å². The Labute approximate surface area is 98.4 Å². The normalized spacial score (nSPS) is 24.3. The highest BCUT2D eigenvalue weighted by Gasteiger charge is 2.67. The Balaban J connectivity index is 2.23. The van der Waals surface area contributed by atoms with Crippen molar-refractivity contribution < 1.29 is 4.42 Å². The third-order valence-electron chi connectivity index (χ3n) is 4.74. The van der Waals surface area contributed by atoms with Gasteiger partial charge in [-0.05, 0) is 35.4 Å². The summed E-state index contributed by atoms with van der Waals surface area (Å²) in [6.07, 6.45) is 1.77. The standard InChI is InChI=1S/C14H23NO/c1-6-15-11(10-8-7-9-16-10)12-13(2,3)14(12,4)5/h7-9,11-12,15H,6H2,1-5H3. The van der Waals surface area contributed by atoms with Crippen molar-refractivity contribution >= 4 is 0 Å². The lowest BCUT2D eigenvalue weighted by Gasteiger charge is -2.17. The molecule has 0 radical (unpaired) electrons. The Morgan fingerprint density at radius 2 is 1.94 bits per heavy atom. The Kier molecular flexibility index (Phi) is 2.66. The monoisotopic (exact) mass is 221 g/mol. The highest BCUT2D eigenvalue weighted by Crippen LogP contribution is 2.72. The van der Waals surface area contributed by atoms with Gasteiger partial charge in [0.15, 0.2) is 0 Å². The van der Waals surface area contributed by atoms with Gasteiger partial charge in [0, 0.05) is 0 Å². The van der Waals surface area contributed by atoms with Crippen LogP contribution in [0.2, 0.25) is 0 Å². The van der Waals surface area contributed by atoms with Crippen LogP contribution in [0.15, 0.2) is 22.8 Å². The predicted octanol–water partition coefficient (Wildman–Crippen LogP) is 3.61. The highest BCUT2D eigenvalue weighted by atomic mass is 16.3. The molecule has 1 atom stereocenters. The zero-order chi connectivity index (χ0) is 12.0. The van der Waals surface area contributed by atoms with Crippen molar-refractivity contribution in [2.24, 2.45) is 16.7 Å². The summed E-state index contributed by atoms with van der Waals surface area (Å²) in [5.74, 6) is 1.72. The van der Waals surface area contributed by atoms with E-state index in [9.17, 15) is 0 Å². The van der Waals surface area contributed by atoms with E-state index in [-0.39, 0.29) is 0 Å². The molecule has 1 N–H and O–H groups in total. The summed E-state index contributed by atoms with van der Waals surface area (Å²) in [5.41, 5.74) is 0.763. The van der Waals surface area contributed by atoms with Gasteiger partial charge in [-0.3, -0.25) is 0 Å². The maximum Gasteiger partial charge on any atom is 0.120 e. The van der Waals surface area contributed by atoms with Crippen LogP contribution in [-0.4, -0.2) is 6.54 Å². The van der Waals surface area contributed by atoms with Gasteiger partial charge in [0.25, 0.3) is 0 Å². The molecule has 1 aliphatic carbocycles. The molecule has 2 nitrogen and oxygen atoms in total. The number of furan rings is 1. The summed E-state index contributed by atoms with van der Waals surface area (Å²) in [4.78, 5) is 0. The maximum atomic E-state index is 5.57. The van der Waals surface area contributed by atoms with E-state index >= 15 is 0 Å². The second kappa shape index (κ2) is 3.63. The van der Waals surface area contributed by atoms with E-state index in [0.29, 0.717) is 22.8 Å². The van der Waals surface area contributed by atoms with E-state index in [0.717, 1.165) is 12.3 Å². The third kappa shape index (κ3) is 1.51. The molecule has 1 fully saturated rings. The summed E-state index contributed by atoms with van der Waals surface area (Å²) in [6.45, 7) is 12.5. The Morgan fingerprint density at radius 1 is 1.31 bits per heavy atom. The van der Waals surface area contributed by atoms with E-state index in [1.165, 1.54) is 0 Å². The number of hydrogen-bond donors (Lipinski definition) is 1. The smallest absolute Gasteiger partial charge is 0.120 e. The van der Waals surface area contributed by atoms with Crippen molar-refractivity contribution in [2.75, 3.05) is 6.54 Å². The van der Waals surface area contributed by atoms with Crippen molar-refractivity contribution in [3.8, 4) is 0 Å². The van der Waals surface area contributed by atoms with E-state index < -0.39 is 0 Å². The maximum absolute atomic E-state index is 5.57. The van der Waals surface area contributed by atoms with Crippen LogP contribution in [0.3, 0.4) is 0 Å². The quantitative estimate of drug-likeness (QED) is 0.840. The lowest BCUT2D eigenvalue weighted by atomic mass is 10.0. The van der Waals surface area contributed by atoms with Crippen LogP contribution in [0.4, 0.5) is 0 Å². The van der Waals surface area contributed by atoms with Crippen molar-refractivity contribution in [1.29, 1.82) is 0 Å². The molecular formula is C14H23NO. The Bertz CT molecular complexity index is 337. The molecule has 0 spiro atoms. The molecular weight excluding hydrogens is 198 g/mol. The molecule has 0 bridgehead atoms. The first-order valence-electron chi connectivity index (χ1n) is 6.19. The van der Waals surface area contributed by atoms with Crippen molar-refractivity contribution in [2.45, 2.75) is 40.7 Å². The molecule has 0 saturated heterocycles. The minimum Gasteiger partial charge on any atom is -0.468 e. The lowest BCUT2D eigenvalue weighted by Crippen LogP contribution is -2.24. The molecule has 90 valence electrons. The van der Waals surface area contributed by atoms with Crippen molar-refractivity contribution in [3.63, 3.8) is 0 Å². The molecule has 2 heteroatoms. The van der Waals surface area contributed by atoms with Crippen molar-refractivity contribution in [3.05, 3.63) is 24.2 Å². The average molecular weight is 221 g/mol. The molecule has 1 unspecified atom stereocenters. The van der Waals surface area contributed by atoms with Crippen LogP contribution in [0.25, 0.3) is 0 Å². The second-order valence-electron chi connectivity index (χ2n) is 5.97. The molecule has 1 saturated carbocycles. The first-order chi connectivity index (χ1) is 7.43. The van der Waals surface area contributed by atoms with Gasteiger partial charge >= 0.3 is 0 Å².